The van der Waals surface area contributed by atoms with Crippen LogP contribution in [0.25, 0.3) is 10.9 Å². The smallest absolute Gasteiger partial charge is 0.272 e. The summed E-state index contributed by atoms with van der Waals surface area (Å²) in [5.74, 6) is 0.518. The minimum atomic E-state index is -0.105. The normalized spacial score (nSPS) is 20.6. The van der Waals surface area contributed by atoms with Crippen molar-refractivity contribution in [1.82, 2.24) is 10.4 Å². The number of nitrogens with zero attached hydrogens (tertiary/aromatic N) is 1. The Hall–Kier alpha value is -2.10. The van der Waals surface area contributed by atoms with Crippen molar-refractivity contribution >= 4 is 22.5 Å². The van der Waals surface area contributed by atoms with Crippen LogP contribution in [0.4, 0.5) is 0 Å². The standard InChI is InChI=1S/C16H17N3O/c1-2-4-9-7-12-15-13(8-9)18-19-16(20)10-5-3-6-11(17-12)14(10)15/h3,5-6,9,17H,2,4,7-8H2,1H3,(H,19,20). The van der Waals surface area contributed by atoms with Gasteiger partial charge in [-0.05, 0) is 37.3 Å². The molecule has 20 heavy (non-hydrogen) atoms. The fraction of sp³-hybridized carbons (Fsp3) is 0.375. The third kappa shape index (κ3) is 1.54. The van der Waals surface area contributed by atoms with E-state index in [0.29, 0.717) is 5.92 Å². The number of amides is 1. The van der Waals surface area contributed by atoms with Crippen LogP contribution in [0.2, 0.25) is 0 Å². The van der Waals surface area contributed by atoms with Crippen LogP contribution in [-0.2, 0) is 6.42 Å². The summed E-state index contributed by atoms with van der Waals surface area (Å²) in [5.41, 5.74) is 7.92. The number of hydrogen-bond donors (Lipinski definition) is 2. The molecule has 1 aliphatic carbocycles. The summed E-state index contributed by atoms with van der Waals surface area (Å²) in [7, 11) is 0. The highest BCUT2D eigenvalue weighted by molar-refractivity contribution is 6.20. The molecule has 0 radical (unpaired) electrons. The molecule has 0 spiro atoms. The number of carbonyl (C=O) groups is 1. The van der Waals surface area contributed by atoms with Gasteiger partial charge in [0.2, 0.25) is 0 Å². The van der Waals surface area contributed by atoms with Gasteiger partial charge in [-0.2, -0.15) is 5.10 Å². The second-order valence-corrected chi connectivity index (χ2v) is 5.77. The molecule has 4 nitrogen and oxygen atoms in total. The number of hydrazone groups is 1. The molecule has 2 aromatic rings. The van der Waals surface area contributed by atoms with Gasteiger partial charge in [0, 0.05) is 22.2 Å². The van der Waals surface area contributed by atoms with E-state index in [0.717, 1.165) is 35.0 Å². The van der Waals surface area contributed by atoms with Crippen molar-refractivity contribution in [1.29, 1.82) is 0 Å². The highest BCUT2D eigenvalue weighted by Gasteiger charge is 2.30. The second-order valence-electron chi connectivity index (χ2n) is 5.77. The van der Waals surface area contributed by atoms with Crippen molar-refractivity contribution in [2.75, 3.05) is 0 Å². The fourth-order valence-corrected chi connectivity index (χ4v) is 3.59. The summed E-state index contributed by atoms with van der Waals surface area (Å²) in [6.07, 6.45) is 4.41. The summed E-state index contributed by atoms with van der Waals surface area (Å²) in [6.45, 7) is 2.22. The van der Waals surface area contributed by atoms with Crippen LogP contribution in [0, 0.1) is 5.92 Å². The van der Waals surface area contributed by atoms with Crippen LogP contribution < -0.4 is 5.43 Å². The lowest BCUT2D eigenvalue weighted by Crippen LogP contribution is -2.22. The van der Waals surface area contributed by atoms with E-state index in [1.807, 2.05) is 18.2 Å². The molecule has 2 aliphatic rings. The van der Waals surface area contributed by atoms with Gasteiger partial charge in [-0.3, -0.25) is 4.79 Å². The van der Waals surface area contributed by atoms with Crippen molar-refractivity contribution in [3.05, 3.63) is 35.0 Å². The van der Waals surface area contributed by atoms with E-state index >= 15 is 0 Å². The molecular weight excluding hydrogens is 250 g/mol. The first-order valence-electron chi connectivity index (χ1n) is 7.28. The SMILES string of the molecule is CCCC1CC2=NNC(=O)c3cccc4[nH]c(c2c34)C1. The third-order valence-electron chi connectivity index (χ3n) is 4.40. The van der Waals surface area contributed by atoms with Gasteiger partial charge in [-0.1, -0.05) is 19.4 Å². The molecule has 1 aromatic heterocycles. The zero-order chi connectivity index (χ0) is 13.7. The average Bonchev–Trinajstić information content (AvgIpc) is 2.75. The first kappa shape index (κ1) is 11.7. The molecule has 4 rings (SSSR count). The Labute approximate surface area is 117 Å². The van der Waals surface area contributed by atoms with Gasteiger partial charge < -0.3 is 4.98 Å². The zero-order valence-corrected chi connectivity index (χ0v) is 11.5. The zero-order valence-electron chi connectivity index (χ0n) is 11.5. The first-order valence-corrected chi connectivity index (χ1v) is 7.28. The van der Waals surface area contributed by atoms with Crippen molar-refractivity contribution < 1.29 is 4.79 Å². The number of rotatable bonds is 2. The molecule has 0 bridgehead atoms. The van der Waals surface area contributed by atoms with Crippen molar-refractivity contribution in [2.24, 2.45) is 11.0 Å². The Morgan fingerprint density at radius 3 is 3.10 bits per heavy atom. The molecule has 2 N–H and O–H groups in total. The van der Waals surface area contributed by atoms with E-state index in [-0.39, 0.29) is 5.91 Å². The molecule has 1 aromatic carbocycles. The van der Waals surface area contributed by atoms with Gasteiger partial charge >= 0.3 is 0 Å². The molecule has 0 fully saturated rings. The minimum absolute atomic E-state index is 0.105. The third-order valence-corrected chi connectivity index (χ3v) is 4.40. The molecule has 0 saturated carbocycles. The van der Waals surface area contributed by atoms with Crippen LogP contribution in [-0.4, -0.2) is 16.6 Å². The Morgan fingerprint density at radius 2 is 2.25 bits per heavy atom. The number of carbonyl (C=O) groups excluding carboxylic acids is 1. The quantitative estimate of drug-likeness (QED) is 0.863. The summed E-state index contributed by atoms with van der Waals surface area (Å²) < 4.78 is 0. The first-order chi connectivity index (χ1) is 9.78. The fourth-order valence-electron chi connectivity index (χ4n) is 3.59. The number of aromatic nitrogens is 1. The van der Waals surface area contributed by atoms with Crippen LogP contribution >= 0.6 is 0 Å². The maximum Gasteiger partial charge on any atom is 0.272 e. The predicted molar refractivity (Wildman–Crippen MR) is 79.0 cm³/mol. The molecule has 102 valence electrons. The summed E-state index contributed by atoms with van der Waals surface area (Å²) >= 11 is 0. The van der Waals surface area contributed by atoms with E-state index < -0.39 is 0 Å². The van der Waals surface area contributed by atoms with Gasteiger partial charge in [0.1, 0.15) is 0 Å². The van der Waals surface area contributed by atoms with Crippen molar-refractivity contribution in [3.8, 4) is 0 Å². The van der Waals surface area contributed by atoms with Crippen LogP contribution in [0.3, 0.4) is 0 Å². The highest BCUT2D eigenvalue weighted by Crippen LogP contribution is 2.36. The molecule has 1 atom stereocenters. The second kappa shape index (κ2) is 4.20. The number of benzene rings is 1. The largest absolute Gasteiger partial charge is 0.358 e. The Bertz CT molecular complexity index is 742. The topological polar surface area (TPSA) is 57.2 Å². The van der Waals surface area contributed by atoms with E-state index in [1.165, 1.54) is 24.1 Å². The van der Waals surface area contributed by atoms with E-state index in [2.05, 4.69) is 22.4 Å². The predicted octanol–water partition coefficient (Wildman–Crippen LogP) is 2.98. The molecule has 0 saturated heterocycles. The lowest BCUT2D eigenvalue weighted by molar-refractivity contribution is 0.0957. The lowest BCUT2D eigenvalue weighted by Gasteiger charge is -2.22. The van der Waals surface area contributed by atoms with Gasteiger partial charge in [-0.25, -0.2) is 5.43 Å². The van der Waals surface area contributed by atoms with E-state index in [4.69, 9.17) is 0 Å². The minimum Gasteiger partial charge on any atom is -0.358 e. The molecule has 1 amide bonds. The van der Waals surface area contributed by atoms with E-state index in [9.17, 15) is 4.79 Å². The summed E-state index contributed by atoms with van der Waals surface area (Å²) in [6, 6.07) is 5.85. The monoisotopic (exact) mass is 267 g/mol. The van der Waals surface area contributed by atoms with Gasteiger partial charge in [0.15, 0.2) is 0 Å². The Morgan fingerprint density at radius 1 is 1.35 bits per heavy atom. The molecule has 1 aliphatic heterocycles. The van der Waals surface area contributed by atoms with Gasteiger partial charge in [-0.15, -0.1) is 0 Å². The molecular formula is C16H17N3O. The maximum atomic E-state index is 12.2. The average molecular weight is 267 g/mol. The van der Waals surface area contributed by atoms with Crippen LogP contribution in [0.1, 0.15) is 47.8 Å². The Kier molecular flexibility index (Phi) is 2.46. The van der Waals surface area contributed by atoms with Crippen LogP contribution in [0.5, 0.6) is 0 Å². The Balaban J connectivity index is 1.98. The highest BCUT2D eigenvalue weighted by atomic mass is 16.2. The summed E-state index contributed by atoms with van der Waals surface area (Å²) in [4.78, 5) is 15.7. The maximum absolute atomic E-state index is 12.2. The van der Waals surface area contributed by atoms with Gasteiger partial charge in [0.05, 0.1) is 11.3 Å². The van der Waals surface area contributed by atoms with Crippen LogP contribution in [0.15, 0.2) is 23.3 Å². The van der Waals surface area contributed by atoms with Gasteiger partial charge in [0.25, 0.3) is 5.91 Å². The number of nitrogens with one attached hydrogen (secondary N) is 2. The van der Waals surface area contributed by atoms with E-state index in [1.54, 1.807) is 0 Å². The number of H-pyrrole nitrogens is 1. The van der Waals surface area contributed by atoms with Crippen molar-refractivity contribution in [3.63, 3.8) is 0 Å². The lowest BCUT2D eigenvalue weighted by atomic mass is 9.82. The number of aromatic amines is 1. The van der Waals surface area contributed by atoms with Crippen molar-refractivity contribution in [2.45, 2.75) is 32.6 Å². The molecule has 1 unspecified atom stereocenters. The molecule has 2 heterocycles. The molecule has 4 heteroatoms. The number of hydrogen-bond acceptors (Lipinski definition) is 2. The summed E-state index contributed by atoms with van der Waals surface area (Å²) in [5, 5.41) is 5.42.